The van der Waals surface area contributed by atoms with Gasteiger partial charge in [0.05, 0.1) is 0 Å². The van der Waals surface area contributed by atoms with Crippen LogP contribution in [0, 0.1) is 11.8 Å². The van der Waals surface area contributed by atoms with Crippen LogP contribution in [0.3, 0.4) is 0 Å². The first-order chi connectivity index (χ1) is 4.57. The lowest BCUT2D eigenvalue weighted by molar-refractivity contribution is 0.329. The van der Waals surface area contributed by atoms with E-state index in [1.165, 1.54) is 12.8 Å². The molecule has 1 heteroatoms. The molecular weight excluding hydrogens is 122 g/mol. The molecule has 0 aliphatic rings. The molecule has 0 aromatic rings. The minimum Gasteiger partial charge on any atom is -0.328 e. The summed E-state index contributed by atoms with van der Waals surface area (Å²) in [6, 6.07) is 0.368. The normalized spacial score (nSPS) is 17.4. The van der Waals surface area contributed by atoms with Crippen molar-refractivity contribution in [3.63, 3.8) is 0 Å². The van der Waals surface area contributed by atoms with Crippen molar-refractivity contribution < 1.29 is 0 Å². The van der Waals surface area contributed by atoms with Crippen molar-refractivity contribution in [3.05, 3.63) is 0 Å². The minimum absolute atomic E-state index is 0.368. The van der Waals surface area contributed by atoms with Gasteiger partial charge in [0.1, 0.15) is 0 Å². The van der Waals surface area contributed by atoms with Gasteiger partial charge in [-0.2, -0.15) is 0 Å². The minimum atomic E-state index is 0.368. The molecule has 0 saturated heterocycles. The fourth-order valence-electron chi connectivity index (χ4n) is 1.39. The van der Waals surface area contributed by atoms with Gasteiger partial charge in [-0.25, -0.2) is 0 Å². The van der Waals surface area contributed by atoms with E-state index in [-0.39, 0.29) is 0 Å². The van der Waals surface area contributed by atoms with Crippen molar-refractivity contribution in [3.8, 4) is 0 Å². The SMILES string of the molecule is CCC(CC(C)N)C(C)C. The number of hydrogen-bond acceptors (Lipinski definition) is 1. The van der Waals surface area contributed by atoms with Gasteiger partial charge in [-0.1, -0.05) is 27.2 Å². The third-order valence-corrected chi connectivity index (χ3v) is 2.14. The summed E-state index contributed by atoms with van der Waals surface area (Å²) in [7, 11) is 0. The molecular formula is C9H21N. The van der Waals surface area contributed by atoms with Crippen LogP contribution in [-0.4, -0.2) is 6.04 Å². The van der Waals surface area contributed by atoms with Crippen molar-refractivity contribution in [2.24, 2.45) is 17.6 Å². The molecule has 2 unspecified atom stereocenters. The molecule has 10 heavy (non-hydrogen) atoms. The lowest BCUT2D eigenvalue weighted by Crippen LogP contribution is -2.22. The zero-order valence-electron chi connectivity index (χ0n) is 7.72. The molecule has 0 spiro atoms. The Balaban J connectivity index is 3.60. The maximum absolute atomic E-state index is 5.71. The monoisotopic (exact) mass is 143 g/mol. The van der Waals surface area contributed by atoms with Crippen LogP contribution in [0.4, 0.5) is 0 Å². The Morgan fingerprint density at radius 2 is 1.70 bits per heavy atom. The fourth-order valence-corrected chi connectivity index (χ4v) is 1.39. The van der Waals surface area contributed by atoms with E-state index in [4.69, 9.17) is 5.73 Å². The van der Waals surface area contributed by atoms with Gasteiger partial charge in [0.15, 0.2) is 0 Å². The molecule has 1 nitrogen and oxygen atoms in total. The van der Waals surface area contributed by atoms with Gasteiger partial charge in [-0.15, -0.1) is 0 Å². The molecule has 2 atom stereocenters. The number of rotatable bonds is 4. The maximum Gasteiger partial charge on any atom is 0.00132 e. The molecule has 62 valence electrons. The van der Waals surface area contributed by atoms with E-state index in [0.29, 0.717) is 6.04 Å². The zero-order chi connectivity index (χ0) is 8.15. The summed E-state index contributed by atoms with van der Waals surface area (Å²) in [5, 5.41) is 0. The Labute approximate surface area is 65.0 Å². The second kappa shape index (κ2) is 4.73. The van der Waals surface area contributed by atoms with Crippen LogP contribution in [0.2, 0.25) is 0 Å². The summed E-state index contributed by atoms with van der Waals surface area (Å²) in [6.07, 6.45) is 2.44. The highest BCUT2D eigenvalue weighted by Crippen LogP contribution is 2.19. The summed E-state index contributed by atoms with van der Waals surface area (Å²) < 4.78 is 0. The third-order valence-electron chi connectivity index (χ3n) is 2.14. The van der Waals surface area contributed by atoms with Crippen LogP contribution in [-0.2, 0) is 0 Å². The van der Waals surface area contributed by atoms with Gasteiger partial charge in [0, 0.05) is 6.04 Å². The first-order valence-corrected chi connectivity index (χ1v) is 4.33. The predicted molar refractivity (Wildman–Crippen MR) is 46.9 cm³/mol. The first-order valence-electron chi connectivity index (χ1n) is 4.33. The van der Waals surface area contributed by atoms with E-state index in [0.717, 1.165) is 11.8 Å². The average molecular weight is 143 g/mol. The highest BCUT2D eigenvalue weighted by Gasteiger charge is 2.11. The number of hydrogen-bond donors (Lipinski definition) is 1. The van der Waals surface area contributed by atoms with Crippen LogP contribution < -0.4 is 5.73 Å². The van der Waals surface area contributed by atoms with Crippen LogP contribution in [0.5, 0.6) is 0 Å². The molecule has 0 aromatic heterocycles. The molecule has 0 heterocycles. The summed E-state index contributed by atoms with van der Waals surface area (Å²) >= 11 is 0. The van der Waals surface area contributed by atoms with E-state index in [2.05, 4.69) is 27.7 Å². The van der Waals surface area contributed by atoms with E-state index in [1.807, 2.05) is 0 Å². The van der Waals surface area contributed by atoms with E-state index in [9.17, 15) is 0 Å². The Kier molecular flexibility index (Phi) is 4.71. The predicted octanol–water partition coefficient (Wildman–Crippen LogP) is 2.41. The van der Waals surface area contributed by atoms with Crippen molar-refractivity contribution in [1.29, 1.82) is 0 Å². The second-order valence-corrected chi connectivity index (χ2v) is 3.63. The molecule has 0 radical (unpaired) electrons. The van der Waals surface area contributed by atoms with Crippen molar-refractivity contribution in [1.82, 2.24) is 0 Å². The molecule has 0 aliphatic heterocycles. The van der Waals surface area contributed by atoms with Gasteiger partial charge in [-0.05, 0) is 25.2 Å². The van der Waals surface area contributed by atoms with Crippen LogP contribution in [0.15, 0.2) is 0 Å². The molecule has 0 aliphatic carbocycles. The molecule has 0 bridgehead atoms. The van der Waals surface area contributed by atoms with Crippen LogP contribution in [0.1, 0.15) is 40.5 Å². The summed E-state index contributed by atoms with van der Waals surface area (Å²) in [6.45, 7) is 8.88. The average Bonchev–Trinajstić information content (AvgIpc) is 1.81. The molecule has 0 rings (SSSR count). The Morgan fingerprint density at radius 3 is 1.80 bits per heavy atom. The topological polar surface area (TPSA) is 26.0 Å². The molecule has 0 saturated carbocycles. The quantitative estimate of drug-likeness (QED) is 0.642. The van der Waals surface area contributed by atoms with E-state index in [1.54, 1.807) is 0 Å². The highest BCUT2D eigenvalue weighted by atomic mass is 14.6. The van der Waals surface area contributed by atoms with Gasteiger partial charge in [-0.3, -0.25) is 0 Å². The summed E-state index contributed by atoms with van der Waals surface area (Å²) in [5.41, 5.74) is 5.71. The zero-order valence-corrected chi connectivity index (χ0v) is 7.72. The third kappa shape index (κ3) is 3.89. The molecule has 2 N–H and O–H groups in total. The summed E-state index contributed by atoms with van der Waals surface area (Å²) in [4.78, 5) is 0. The van der Waals surface area contributed by atoms with Crippen molar-refractivity contribution in [2.45, 2.75) is 46.6 Å². The fraction of sp³-hybridized carbons (Fsp3) is 1.00. The van der Waals surface area contributed by atoms with E-state index < -0.39 is 0 Å². The Hall–Kier alpha value is -0.0400. The largest absolute Gasteiger partial charge is 0.328 e. The van der Waals surface area contributed by atoms with Gasteiger partial charge >= 0.3 is 0 Å². The second-order valence-electron chi connectivity index (χ2n) is 3.63. The van der Waals surface area contributed by atoms with Gasteiger partial charge in [0.2, 0.25) is 0 Å². The summed E-state index contributed by atoms with van der Waals surface area (Å²) in [5.74, 6) is 1.61. The van der Waals surface area contributed by atoms with Crippen molar-refractivity contribution >= 4 is 0 Å². The Morgan fingerprint density at radius 1 is 1.20 bits per heavy atom. The molecule has 0 aromatic carbocycles. The lowest BCUT2D eigenvalue weighted by atomic mass is 9.88. The lowest BCUT2D eigenvalue weighted by Gasteiger charge is -2.20. The van der Waals surface area contributed by atoms with Gasteiger partial charge < -0.3 is 5.73 Å². The van der Waals surface area contributed by atoms with Crippen molar-refractivity contribution in [2.75, 3.05) is 0 Å². The molecule has 0 fully saturated rings. The van der Waals surface area contributed by atoms with Gasteiger partial charge in [0.25, 0.3) is 0 Å². The van der Waals surface area contributed by atoms with Crippen LogP contribution >= 0.6 is 0 Å². The highest BCUT2D eigenvalue weighted by molar-refractivity contribution is 4.66. The Bertz CT molecular complexity index is 76.8. The smallest absolute Gasteiger partial charge is 0.00132 e. The maximum atomic E-state index is 5.71. The first kappa shape index (κ1) is 9.96. The van der Waals surface area contributed by atoms with Crippen LogP contribution in [0.25, 0.3) is 0 Å². The standard InChI is InChI=1S/C9H21N/c1-5-9(7(2)3)6-8(4)10/h7-9H,5-6,10H2,1-4H3. The van der Waals surface area contributed by atoms with E-state index >= 15 is 0 Å². The number of nitrogens with two attached hydrogens (primary N) is 1. The molecule has 0 amide bonds.